The van der Waals surface area contributed by atoms with E-state index in [1.807, 2.05) is 53.1 Å². The molecule has 0 bridgehead atoms. The molecule has 114 valence electrons. The Labute approximate surface area is 144 Å². The number of hydrogen-bond donors (Lipinski definition) is 0. The number of hydrogen-bond acceptors (Lipinski definition) is 2. The highest BCUT2D eigenvalue weighted by molar-refractivity contribution is 9.10. The number of amides is 1. The Balaban J connectivity index is 1.82. The monoisotopic (exact) mass is 375 g/mol. The van der Waals surface area contributed by atoms with Crippen LogP contribution in [0.2, 0.25) is 0 Å². The van der Waals surface area contributed by atoms with Crippen LogP contribution in [0.1, 0.15) is 33.8 Å². The topological polar surface area (TPSA) is 20.3 Å². The third-order valence-electron chi connectivity index (χ3n) is 3.92. The van der Waals surface area contributed by atoms with Gasteiger partial charge in [0.25, 0.3) is 5.91 Å². The van der Waals surface area contributed by atoms with E-state index in [0.29, 0.717) is 0 Å². The van der Waals surface area contributed by atoms with Crippen molar-refractivity contribution in [1.82, 2.24) is 4.90 Å². The lowest BCUT2D eigenvalue weighted by Gasteiger charge is -2.24. The van der Waals surface area contributed by atoms with Crippen LogP contribution in [-0.2, 0) is 6.42 Å². The largest absolute Gasteiger partial charge is 0.322 e. The summed E-state index contributed by atoms with van der Waals surface area (Å²) in [5, 5.41) is 0.117. The molecule has 22 heavy (non-hydrogen) atoms. The number of thioether (sulfide) groups is 1. The average molecular weight is 376 g/mol. The van der Waals surface area contributed by atoms with Crippen molar-refractivity contribution in [3.8, 4) is 0 Å². The highest BCUT2D eigenvalue weighted by atomic mass is 79.9. The minimum atomic E-state index is 0.117. The van der Waals surface area contributed by atoms with Crippen LogP contribution in [0.25, 0.3) is 0 Å². The quantitative estimate of drug-likeness (QED) is 0.760. The first kappa shape index (κ1) is 15.6. The third-order valence-corrected chi connectivity index (χ3v) is 5.71. The smallest absolute Gasteiger partial charge is 0.255 e. The number of carbonyl (C=O) groups is 1. The zero-order valence-corrected chi connectivity index (χ0v) is 14.9. The summed E-state index contributed by atoms with van der Waals surface area (Å²) in [7, 11) is 0. The van der Waals surface area contributed by atoms with E-state index in [4.69, 9.17) is 0 Å². The molecule has 2 nitrogen and oxygen atoms in total. The van der Waals surface area contributed by atoms with E-state index in [0.717, 1.165) is 28.8 Å². The second-order valence-corrected chi connectivity index (χ2v) is 7.43. The molecular formula is C18H18BrNOS. The fraction of sp³-hybridized carbons (Fsp3) is 0.278. The van der Waals surface area contributed by atoms with Crippen molar-refractivity contribution >= 4 is 33.6 Å². The van der Waals surface area contributed by atoms with Gasteiger partial charge in [-0.2, -0.15) is 0 Å². The fourth-order valence-electron chi connectivity index (χ4n) is 2.63. The first-order valence-electron chi connectivity index (χ1n) is 7.46. The molecule has 4 heteroatoms. The second-order valence-electron chi connectivity index (χ2n) is 5.32. The van der Waals surface area contributed by atoms with E-state index in [1.54, 1.807) is 0 Å². The van der Waals surface area contributed by atoms with E-state index < -0.39 is 0 Å². The van der Waals surface area contributed by atoms with E-state index in [-0.39, 0.29) is 11.3 Å². The lowest BCUT2D eigenvalue weighted by atomic mass is 10.1. The SMILES string of the molecule is CCc1ccc(C(=O)N2CCSC2c2ccc(Br)cc2)cc1. The lowest BCUT2D eigenvalue weighted by Crippen LogP contribution is -2.30. The van der Waals surface area contributed by atoms with Gasteiger partial charge in [0.05, 0.1) is 0 Å². The Morgan fingerprint density at radius 1 is 1.18 bits per heavy atom. The van der Waals surface area contributed by atoms with Crippen molar-refractivity contribution in [2.75, 3.05) is 12.3 Å². The van der Waals surface area contributed by atoms with Crippen molar-refractivity contribution in [2.24, 2.45) is 0 Å². The van der Waals surface area contributed by atoms with Gasteiger partial charge >= 0.3 is 0 Å². The van der Waals surface area contributed by atoms with Crippen molar-refractivity contribution in [1.29, 1.82) is 0 Å². The maximum atomic E-state index is 12.8. The lowest BCUT2D eigenvalue weighted by molar-refractivity contribution is 0.0760. The Morgan fingerprint density at radius 3 is 2.50 bits per heavy atom. The maximum absolute atomic E-state index is 12.8. The van der Waals surface area contributed by atoms with Crippen molar-refractivity contribution in [3.05, 3.63) is 69.7 Å². The number of nitrogens with zero attached hydrogens (tertiary/aromatic N) is 1. The molecule has 1 aliphatic heterocycles. The first-order valence-corrected chi connectivity index (χ1v) is 9.30. The molecule has 0 N–H and O–H groups in total. The van der Waals surface area contributed by atoms with Gasteiger partial charge in [0.1, 0.15) is 5.37 Å². The summed E-state index contributed by atoms with van der Waals surface area (Å²) in [6.07, 6.45) is 0.996. The Bertz CT molecular complexity index is 654. The molecule has 1 saturated heterocycles. The van der Waals surface area contributed by atoms with E-state index in [2.05, 4.69) is 35.0 Å². The summed E-state index contributed by atoms with van der Waals surface area (Å²) >= 11 is 5.29. The fourth-order valence-corrected chi connectivity index (χ4v) is 4.15. The Morgan fingerprint density at radius 2 is 1.86 bits per heavy atom. The minimum Gasteiger partial charge on any atom is -0.322 e. The standard InChI is InChI=1S/C18H18BrNOS/c1-2-13-3-5-14(6-4-13)17(21)20-11-12-22-18(20)15-7-9-16(19)10-8-15/h3-10,18H,2,11-12H2,1H3. The van der Waals surface area contributed by atoms with Crippen LogP contribution in [0.3, 0.4) is 0 Å². The normalized spacial score (nSPS) is 17.7. The van der Waals surface area contributed by atoms with Crippen LogP contribution in [0.15, 0.2) is 53.0 Å². The summed E-state index contributed by atoms with van der Waals surface area (Å²) in [5.41, 5.74) is 3.22. The molecule has 1 atom stereocenters. The number of aryl methyl sites for hydroxylation is 1. The van der Waals surface area contributed by atoms with Crippen LogP contribution in [0.5, 0.6) is 0 Å². The summed E-state index contributed by atoms with van der Waals surface area (Å²) in [6, 6.07) is 16.2. The van der Waals surface area contributed by atoms with Crippen LogP contribution in [0.4, 0.5) is 0 Å². The van der Waals surface area contributed by atoms with Gasteiger partial charge in [0, 0.05) is 22.3 Å². The average Bonchev–Trinajstić information content (AvgIpc) is 3.04. The maximum Gasteiger partial charge on any atom is 0.255 e. The van der Waals surface area contributed by atoms with Gasteiger partial charge in [0.15, 0.2) is 0 Å². The number of halogens is 1. The molecule has 0 spiro atoms. The summed E-state index contributed by atoms with van der Waals surface area (Å²) in [4.78, 5) is 14.8. The molecule has 1 aliphatic rings. The summed E-state index contributed by atoms with van der Waals surface area (Å²) in [6.45, 7) is 2.93. The molecule has 1 fully saturated rings. The molecule has 0 aliphatic carbocycles. The number of carbonyl (C=O) groups excluding carboxylic acids is 1. The number of rotatable bonds is 3. The van der Waals surface area contributed by atoms with E-state index in [9.17, 15) is 4.79 Å². The van der Waals surface area contributed by atoms with Crippen LogP contribution < -0.4 is 0 Å². The van der Waals surface area contributed by atoms with Gasteiger partial charge in [0.2, 0.25) is 0 Å². The molecule has 1 amide bonds. The molecule has 0 saturated carbocycles. The van der Waals surface area contributed by atoms with Gasteiger partial charge in [-0.25, -0.2) is 0 Å². The van der Waals surface area contributed by atoms with Gasteiger partial charge in [-0.1, -0.05) is 47.1 Å². The minimum absolute atomic E-state index is 0.117. The molecule has 3 rings (SSSR count). The molecule has 0 aromatic heterocycles. The summed E-state index contributed by atoms with van der Waals surface area (Å²) in [5.74, 6) is 1.11. The Kier molecular flexibility index (Phi) is 4.89. The molecule has 2 aromatic rings. The van der Waals surface area contributed by atoms with Crippen LogP contribution >= 0.6 is 27.7 Å². The van der Waals surface area contributed by atoms with Crippen molar-refractivity contribution in [2.45, 2.75) is 18.7 Å². The molecular weight excluding hydrogens is 358 g/mol. The molecule has 2 aromatic carbocycles. The highest BCUT2D eigenvalue weighted by Gasteiger charge is 2.31. The third kappa shape index (κ3) is 3.23. The van der Waals surface area contributed by atoms with Gasteiger partial charge in [-0.15, -0.1) is 11.8 Å². The Hall–Kier alpha value is -1.26. The zero-order valence-electron chi connectivity index (χ0n) is 12.5. The first-order chi connectivity index (χ1) is 10.7. The summed E-state index contributed by atoms with van der Waals surface area (Å²) < 4.78 is 1.06. The zero-order chi connectivity index (χ0) is 15.5. The number of benzene rings is 2. The van der Waals surface area contributed by atoms with Gasteiger partial charge < -0.3 is 4.90 Å². The van der Waals surface area contributed by atoms with E-state index in [1.165, 1.54) is 11.1 Å². The van der Waals surface area contributed by atoms with Crippen molar-refractivity contribution in [3.63, 3.8) is 0 Å². The van der Waals surface area contributed by atoms with Gasteiger partial charge in [-0.3, -0.25) is 4.79 Å². The second kappa shape index (κ2) is 6.88. The predicted molar refractivity (Wildman–Crippen MR) is 96.2 cm³/mol. The molecule has 1 heterocycles. The van der Waals surface area contributed by atoms with Gasteiger partial charge in [-0.05, 0) is 41.8 Å². The van der Waals surface area contributed by atoms with E-state index >= 15 is 0 Å². The highest BCUT2D eigenvalue weighted by Crippen LogP contribution is 2.39. The molecule has 0 radical (unpaired) electrons. The predicted octanol–water partition coefficient (Wildman–Crippen LogP) is 4.90. The van der Waals surface area contributed by atoms with Crippen LogP contribution in [-0.4, -0.2) is 23.1 Å². The van der Waals surface area contributed by atoms with Crippen molar-refractivity contribution < 1.29 is 4.79 Å². The van der Waals surface area contributed by atoms with Crippen LogP contribution in [0, 0.1) is 0 Å². The molecule has 1 unspecified atom stereocenters.